The monoisotopic (exact) mass is 817 g/mol. The van der Waals surface area contributed by atoms with E-state index in [0.29, 0.717) is 0 Å². The van der Waals surface area contributed by atoms with Crippen molar-refractivity contribution in [2.45, 2.75) is 50.5 Å². The maximum atomic E-state index is 17.0. The molecule has 62 heavy (non-hydrogen) atoms. The van der Waals surface area contributed by atoms with Crippen LogP contribution >= 0.6 is 7.14 Å². The molecule has 0 saturated heterocycles. The molecule has 9 aromatic rings. The van der Waals surface area contributed by atoms with Gasteiger partial charge >= 0.3 is 0 Å². The van der Waals surface area contributed by atoms with Crippen LogP contribution in [0.2, 0.25) is 0 Å². The molecule has 3 atom stereocenters. The van der Waals surface area contributed by atoms with Crippen LogP contribution in [-0.4, -0.2) is 15.6 Å². The summed E-state index contributed by atoms with van der Waals surface area (Å²) in [6, 6.07) is 58.7. The summed E-state index contributed by atoms with van der Waals surface area (Å²) in [5, 5.41) is 6.02. The highest BCUT2D eigenvalue weighted by Gasteiger charge is 2.48. The van der Waals surface area contributed by atoms with E-state index < -0.39 is 7.14 Å². The van der Waals surface area contributed by atoms with E-state index in [1.165, 1.54) is 61.2 Å². The molecule has 5 heterocycles. The topological polar surface area (TPSA) is 38.1 Å². The molecule has 13 rings (SSSR count). The Balaban J connectivity index is 1.03. The third-order valence-corrected chi connectivity index (χ3v) is 17.8. The van der Waals surface area contributed by atoms with Crippen LogP contribution in [0, 0.1) is 0 Å². The molecule has 1 aliphatic carbocycles. The minimum Gasteiger partial charge on any atom is -0.333 e. The van der Waals surface area contributed by atoms with E-state index in [9.17, 15) is 0 Å². The van der Waals surface area contributed by atoms with Crippen molar-refractivity contribution in [2.24, 2.45) is 0 Å². The fourth-order valence-corrected chi connectivity index (χ4v) is 14.4. The summed E-state index contributed by atoms with van der Waals surface area (Å²) in [5.74, 6) is 0.0266. The molecule has 0 fully saturated rings. The van der Waals surface area contributed by atoms with Crippen molar-refractivity contribution in [3.8, 4) is 16.9 Å². The Bertz CT molecular complexity index is 3530. The number of anilines is 2. The molecule has 7 aromatic carbocycles. The predicted octanol–water partition coefficient (Wildman–Crippen LogP) is 13.3. The molecule has 0 amide bonds. The minimum absolute atomic E-state index is 0.0266. The van der Waals surface area contributed by atoms with Crippen molar-refractivity contribution in [3.63, 3.8) is 0 Å². The largest absolute Gasteiger partial charge is 0.333 e. The van der Waals surface area contributed by atoms with Crippen molar-refractivity contribution in [1.82, 2.24) is 9.55 Å². The van der Waals surface area contributed by atoms with Gasteiger partial charge in [-0.05, 0) is 58.1 Å². The zero-order chi connectivity index (χ0) is 41.7. The molecule has 5 heteroatoms. The maximum absolute atomic E-state index is 17.0. The van der Waals surface area contributed by atoms with E-state index in [2.05, 4.69) is 207 Å². The van der Waals surface area contributed by atoms with Crippen LogP contribution in [-0.2, 0) is 15.4 Å². The normalized spacial score (nSPS) is 19.4. The van der Waals surface area contributed by atoms with Crippen molar-refractivity contribution in [1.29, 1.82) is 0 Å². The smallest absolute Gasteiger partial charge is 0.170 e. The lowest BCUT2D eigenvalue weighted by Crippen LogP contribution is -2.36. The van der Waals surface area contributed by atoms with E-state index in [1.54, 1.807) is 0 Å². The van der Waals surface area contributed by atoms with Gasteiger partial charge < -0.3 is 14.0 Å². The number of allylic oxidation sites excluding steroid dienone is 2. The van der Waals surface area contributed by atoms with Crippen LogP contribution in [0.1, 0.15) is 61.4 Å². The van der Waals surface area contributed by atoms with Gasteiger partial charge in [0.05, 0.1) is 34.0 Å². The number of rotatable bonds is 4. The zero-order valence-corrected chi connectivity index (χ0v) is 36.1. The minimum atomic E-state index is -3.49. The second kappa shape index (κ2) is 12.4. The lowest BCUT2D eigenvalue weighted by molar-refractivity contribution is 0.590. The number of aromatic nitrogens is 2. The highest BCUT2D eigenvalue weighted by Crippen LogP contribution is 2.62. The molecule has 3 unspecified atom stereocenters. The molecule has 0 bridgehead atoms. The van der Waals surface area contributed by atoms with Gasteiger partial charge in [0, 0.05) is 65.8 Å². The van der Waals surface area contributed by atoms with Gasteiger partial charge in [-0.15, -0.1) is 0 Å². The number of hydrogen-bond donors (Lipinski definition) is 0. The standard InChI is InChI=1S/C57H44N3OP/c1-56(2)44-16-6-9-21-51(44)59-50-32-29-38(33-43(50)42-15-12-19-47(56)55(42)59)62(61,37-26-23-36(24-27-37)49-31-25-35-13-5-8-20-48(35)58-49)39-28-30-40-41-14-11-18-46-54(41)60(53(40)34-39)52-22-10-7-17-45(52)57(46,3)4/h5-34,43,50H,1-4H3. The van der Waals surface area contributed by atoms with E-state index in [1.807, 2.05) is 12.1 Å². The average Bonchev–Trinajstić information content (AvgIpc) is 3.83. The van der Waals surface area contributed by atoms with Gasteiger partial charge in [0.2, 0.25) is 0 Å². The van der Waals surface area contributed by atoms with E-state index in [0.717, 1.165) is 43.6 Å². The summed E-state index contributed by atoms with van der Waals surface area (Å²) in [6.07, 6.45) is 6.87. The molecule has 4 nitrogen and oxygen atoms in total. The lowest BCUT2D eigenvalue weighted by atomic mass is 9.73. The van der Waals surface area contributed by atoms with Crippen LogP contribution < -0.4 is 15.5 Å². The van der Waals surface area contributed by atoms with Crippen molar-refractivity contribution >= 4 is 61.8 Å². The van der Waals surface area contributed by atoms with E-state index in [-0.39, 0.29) is 22.8 Å². The second-order valence-corrected chi connectivity index (χ2v) is 21.4. The van der Waals surface area contributed by atoms with Crippen molar-refractivity contribution in [3.05, 3.63) is 215 Å². The first kappa shape index (κ1) is 36.0. The second-order valence-electron chi connectivity index (χ2n) is 18.6. The number of hydrogen-bond acceptors (Lipinski definition) is 3. The quantitative estimate of drug-likeness (QED) is 0.166. The molecule has 0 N–H and O–H groups in total. The molecule has 298 valence electrons. The Morgan fingerprint density at radius 3 is 2.11 bits per heavy atom. The van der Waals surface area contributed by atoms with Gasteiger partial charge in [0.1, 0.15) is 0 Å². The summed E-state index contributed by atoms with van der Waals surface area (Å²) in [7, 11) is -3.49. The number of para-hydroxylation sites is 5. The zero-order valence-electron chi connectivity index (χ0n) is 35.2. The van der Waals surface area contributed by atoms with Crippen molar-refractivity contribution < 1.29 is 4.57 Å². The summed E-state index contributed by atoms with van der Waals surface area (Å²) in [4.78, 5) is 7.56. The third kappa shape index (κ3) is 4.63. The first-order chi connectivity index (χ1) is 30.1. The summed E-state index contributed by atoms with van der Waals surface area (Å²) < 4.78 is 19.4. The van der Waals surface area contributed by atoms with Gasteiger partial charge in [0.15, 0.2) is 7.14 Å². The Morgan fingerprint density at radius 1 is 0.597 bits per heavy atom. The van der Waals surface area contributed by atoms with Gasteiger partial charge in [-0.3, -0.25) is 0 Å². The fourth-order valence-electron chi connectivity index (χ4n) is 11.6. The van der Waals surface area contributed by atoms with Gasteiger partial charge in [-0.2, -0.15) is 0 Å². The van der Waals surface area contributed by atoms with Crippen LogP contribution in [0.5, 0.6) is 0 Å². The predicted molar refractivity (Wildman–Crippen MR) is 258 cm³/mol. The number of benzene rings is 7. The van der Waals surface area contributed by atoms with Gasteiger partial charge in [-0.25, -0.2) is 4.98 Å². The Kier molecular flexibility index (Phi) is 7.21. The number of nitrogens with zero attached hydrogens (tertiary/aromatic N) is 3. The summed E-state index contributed by atoms with van der Waals surface area (Å²) in [6.45, 7) is 9.36. The number of fused-ring (bicyclic) bond motifs is 11. The molecule has 0 spiro atoms. The molecular formula is C57H44N3OP. The van der Waals surface area contributed by atoms with Crippen LogP contribution in [0.25, 0.3) is 49.7 Å². The Hall–Kier alpha value is -6.74. The highest BCUT2D eigenvalue weighted by molar-refractivity contribution is 7.82. The average molecular weight is 818 g/mol. The first-order valence-corrected chi connectivity index (χ1v) is 23.5. The summed E-state index contributed by atoms with van der Waals surface area (Å²) >= 11 is 0. The third-order valence-electron chi connectivity index (χ3n) is 14.8. The molecule has 3 aliphatic heterocycles. The van der Waals surface area contributed by atoms with Gasteiger partial charge in [-0.1, -0.05) is 179 Å². The Morgan fingerprint density at radius 2 is 1.27 bits per heavy atom. The van der Waals surface area contributed by atoms with Crippen LogP contribution in [0.3, 0.4) is 0 Å². The van der Waals surface area contributed by atoms with Crippen LogP contribution in [0.4, 0.5) is 11.4 Å². The van der Waals surface area contributed by atoms with Gasteiger partial charge in [0.25, 0.3) is 0 Å². The first-order valence-electron chi connectivity index (χ1n) is 21.8. The SMILES string of the molecule is CC1(C)c2ccccc2N2c3c(cccc31)C1C=C(P(=O)(c3ccc(-c4ccc5ccccc5n4)cc3)c3ccc4c5cccc6c5n(c4c3)-c3ccccc3C6(C)C)C=CC12. The molecule has 0 radical (unpaired) electrons. The van der Waals surface area contributed by atoms with E-state index in [4.69, 9.17) is 4.98 Å². The molecule has 0 saturated carbocycles. The fraction of sp³-hybridized carbons (Fsp3) is 0.140. The van der Waals surface area contributed by atoms with Crippen LogP contribution in [0.15, 0.2) is 187 Å². The maximum Gasteiger partial charge on any atom is 0.170 e. The summed E-state index contributed by atoms with van der Waals surface area (Å²) in [5.41, 5.74) is 15.2. The Labute approximate surface area is 361 Å². The van der Waals surface area contributed by atoms with E-state index >= 15 is 4.57 Å². The molecule has 4 aliphatic rings. The number of pyridine rings is 1. The molecular weight excluding hydrogens is 774 g/mol. The molecule has 2 aromatic heterocycles. The highest BCUT2D eigenvalue weighted by atomic mass is 31.2. The lowest BCUT2D eigenvalue weighted by Gasteiger charge is -2.42. The van der Waals surface area contributed by atoms with Crippen molar-refractivity contribution in [2.75, 3.05) is 4.90 Å².